The van der Waals surface area contributed by atoms with Crippen LogP contribution in [0.25, 0.3) is 23.0 Å². The van der Waals surface area contributed by atoms with Crippen molar-refractivity contribution in [2.45, 2.75) is 6.92 Å². The van der Waals surface area contributed by atoms with Gasteiger partial charge in [0, 0.05) is 12.4 Å². The lowest BCUT2D eigenvalue weighted by Crippen LogP contribution is -1.88. The molecule has 2 aromatic heterocycles. The number of aryl methyl sites for hydroxylation is 1. The minimum atomic E-state index is -0.394. The molecule has 1 aromatic carbocycles. The number of nitrogens with zero attached hydrogens (tertiary/aromatic N) is 4. The molecule has 0 saturated heterocycles. The Balaban J connectivity index is 2.02. The van der Waals surface area contributed by atoms with E-state index in [-0.39, 0.29) is 17.3 Å². The fraction of sp³-hybridized carbons (Fsp3) is 0.0769. The molecule has 0 bridgehead atoms. The molecular weight excluding hydrogens is 247 g/mol. The molecule has 19 heavy (non-hydrogen) atoms. The van der Waals surface area contributed by atoms with Gasteiger partial charge in [0.1, 0.15) is 11.5 Å². The van der Waals surface area contributed by atoms with Crippen LogP contribution in [-0.4, -0.2) is 20.1 Å². The van der Waals surface area contributed by atoms with Crippen molar-refractivity contribution in [3.8, 4) is 23.0 Å². The summed E-state index contributed by atoms with van der Waals surface area (Å²) in [5.41, 5.74) is 1.58. The topological polar surface area (TPSA) is 64.7 Å². The predicted molar refractivity (Wildman–Crippen MR) is 65.5 cm³/mol. The summed E-state index contributed by atoms with van der Waals surface area (Å²) in [5, 5.41) is 3.77. The molecule has 0 fully saturated rings. The van der Waals surface area contributed by atoms with E-state index in [2.05, 4.69) is 20.1 Å². The minimum absolute atomic E-state index is 0.123. The summed E-state index contributed by atoms with van der Waals surface area (Å²) in [5.74, 6) is 0.00979. The fourth-order valence-corrected chi connectivity index (χ4v) is 1.65. The maximum atomic E-state index is 13.8. The van der Waals surface area contributed by atoms with Gasteiger partial charge in [0.2, 0.25) is 5.82 Å². The van der Waals surface area contributed by atoms with Crippen molar-refractivity contribution < 1.29 is 8.91 Å². The van der Waals surface area contributed by atoms with Crippen LogP contribution in [0.4, 0.5) is 4.39 Å². The monoisotopic (exact) mass is 256 g/mol. The Bertz CT molecular complexity index is 712. The highest BCUT2D eigenvalue weighted by Gasteiger charge is 2.14. The molecule has 2 heterocycles. The van der Waals surface area contributed by atoms with E-state index in [4.69, 9.17) is 4.52 Å². The first-order valence-corrected chi connectivity index (χ1v) is 5.60. The third-order valence-electron chi connectivity index (χ3n) is 2.57. The van der Waals surface area contributed by atoms with Crippen LogP contribution in [0.3, 0.4) is 0 Å². The largest absolute Gasteiger partial charge is 0.333 e. The molecule has 0 saturated carbocycles. The third-order valence-corrected chi connectivity index (χ3v) is 2.57. The summed E-state index contributed by atoms with van der Waals surface area (Å²) in [6, 6.07) is 4.81. The van der Waals surface area contributed by atoms with Crippen LogP contribution in [0, 0.1) is 12.7 Å². The van der Waals surface area contributed by atoms with Gasteiger partial charge in [0.25, 0.3) is 5.89 Å². The number of halogens is 1. The lowest BCUT2D eigenvalue weighted by atomic mass is 10.1. The van der Waals surface area contributed by atoms with Gasteiger partial charge < -0.3 is 4.52 Å². The second-order valence-corrected chi connectivity index (χ2v) is 4.00. The van der Waals surface area contributed by atoms with E-state index in [0.29, 0.717) is 5.69 Å². The maximum absolute atomic E-state index is 13.8. The van der Waals surface area contributed by atoms with E-state index in [1.54, 1.807) is 18.3 Å². The van der Waals surface area contributed by atoms with Gasteiger partial charge >= 0.3 is 0 Å². The summed E-state index contributed by atoms with van der Waals surface area (Å²) in [6.07, 6.45) is 4.59. The zero-order chi connectivity index (χ0) is 13.2. The second kappa shape index (κ2) is 4.56. The first-order valence-electron chi connectivity index (χ1n) is 5.60. The van der Waals surface area contributed by atoms with Crippen molar-refractivity contribution in [3.05, 3.63) is 48.2 Å². The molecule has 0 aliphatic carbocycles. The molecular formula is C13H9FN4O. The first-order chi connectivity index (χ1) is 9.24. The number of hydrogen-bond donors (Lipinski definition) is 0. The van der Waals surface area contributed by atoms with Crippen LogP contribution in [0.1, 0.15) is 5.56 Å². The van der Waals surface area contributed by atoms with E-state index in [9.17, 15) is 4.39 Å². The Labute approximate surface area is 108 Å². The van der Waals surface area contributed by atoms with Crippen LogP contribution >= 0.6 is 0 Å². The van der Waals surface area contributed by atoms with E-state index < -0.39 is 5.82 Å². The molecule has 0 amide bonds. The van der Waals surface area contributed by atoms with Crippen LogP contribution in [-0.2, 0) is 0 Å². The third kappa shape index (κ3) is 2.20. The predicted octanol–water partition coefficient (Wildman–Crippen LogP) is 2.64. The van der Waals surface area contributed by atoms with Crippen LogP contribution < -0.4 is 0 Å². The van der Waals surface area contributed by atoms with Crippen molar-refractivity contribution in [3.63, 3.8) is 0 Å². The molecule has 0 radical (unpaired) electrons. The SMILES string of the molecule is Cc1ccc(-c2nc(-c3cnccn3)no2)c(F)c1. The standard InChI is InChI=1S/C13H9FN4O/c1-8-2-3-9(10(14)6-8)13-17-12(18-19-13)11-7-15-4-5-16-11/h2-7H,1H3. The van der Waals surface area contributed by atoms with Gasteiger partial charge in [-0.3, -0.25) is 4.98 Å². The summed E-state index contributed by atoms with van der Waals surface area (Å²) >= 11 is 0. The summed E-state index contributed by atoms with van der Waals surface area (Å²) in [6.45, 7) is 1.81. The van der Waals surface area contributed by atoms with E-state index in [0.717, 1.165) is 5.56 Å². The Morgan fingerprint density at radius 2 is 2.11 bits per heavy atom. The molecule has 5 nitrogen and oxygen atoms in total. The molecule has 0 spiro atoms. The Hall–Kier alpha value is -2.63. The number of hydrogen-bond acceptors (Lipinski definition) is 5. The van der Waals surface area contributed by atoms with Crippen molar-refractivity contribution >= 4 is 0 Å². The molecule has 6 heteroatoms. The summed E-state index contributed by atoms with van der Waals surface area (Å²) in [7, 11) is 0. The second-order valence-electron chi connectivity index (χ2n) is 4.00. The Morgan fingerprint density at radius 3 is 2.84 bits per heavy atom. The van der Waals surface area contributed by atoms with Gasteiger partial charge in [-0.1, -0.05) is 11.2 Å². The fourth-order valence-electron chi connectivity index (χ4n) is 1.65. The molecule has 0 N–H and O–H groups in total. The van der Waals surface area contributed by atoms with Gasteiger partial charge in [-0.25, -0.2) is 9.37 Å². The highest BCUT2D eigenvalue weighted by molar-refractivity contribution is 5.57. The van der Waals surface area contributed by atoms with Gasteiger partial charge in [-0.05, 0) is 24.6 Å². The normalized spacial score (nSPS) is 10.6. The molecule has 0 aliphatic rings. The average molecular weight is 256 g/mol. The van der Waals surface area contributed by atoms with Crippen molar-refractivity contribution in [1.29, 1.82) is 0 Å². The summed E-state index contributed by atoms with van der Waals surface area (Å²) < 4.78 is 18.8. The Kier molecular flexibility index (Phi) is 2.75. The van der Waals surface area contributed by atoms with Crippen molar-refractivity contribution in [1.82, 2.24) is 20.1 Å². The molecule has 0 aliphatic heterocycles. The lowest BCUT2D eigenvalue weighted by molar-refractivity contribution is 0.429. The zero-order valence-electron chi connectivity index (χ0n) is 10.0. The highest BCUT2D eigenvalue weighted by Crippen LogP contribution is 2.23. The number of aromatic nitrogens is 4. The van der Waals surface area contributed by atoms with Crippen LogP contribution in [0.15, 0.2) is 41.3 Å². The molecule has 3 aromatic rings. The average Bonchev–Trinajstić information content (AvgIpc) is 2.89. The quantitative estimate of drug-likeness (QED) is 0.705. The van der Waals surface area contributed by atoms with E-state index >= 15 is 0 Å². The molecule has 94 valence electrons. The summed E-state index contributed by atoms with van der Waals surface area (Å²) in [4.78, 5) is 12.1. The lowest BCUT2D eigenvalue weighted by Gasteiger charge is -1.97. The van der Waals surface area contributed by atoms with Crippen molar-refractivity contribution in [2.75, 3.05) is 0 Å². The van der Waals surface area contributed by atoms with Crippen LogP contribution in [0.2, 0.25) is 0 Å². The smallest absolute Gasteiger partial charge is 0.261 e. The Morgan fingerprint density at radius 1 is 1.21 bits per heavy atom. The first kappa shape index (κ1) is 11.5. The molecule has 0 unspecified atom stereocenters. The van der Waals surface area contributed by atoms with Gasteiger partial charge in [-0.2, -0.15) is 4.98 Å². The van der Waals surface area contributed by atoms with E-state index in [1.165, 1.54) is 18.5 Å². The van der Waals surface area contributed by atoms with Crippen LogP contribution in [0.5, 0.6) is 0 Å². The van der Waals surface area contributed by atoms with Gasteiger partial charge in [-0.15, -0.1) is 0 Å². The number of rotatable bonds is 2. The van der Waals surface area contributed by atoms with Gasteiger partial charge in [0.15, 0.2) is 0 Å². The minimum Gasteiger partial charge on any atom is -0.333 e. The number of benzene rings is 1. The molecule has 3 rings (SSSR count). The van der Waals surface area contributed by atoms with Gasteiger partial charge in [0.05, 0.1) is 11.8 Å². The molecule has 0 atom stereocenters. The zero-order valence-corrected chi connectivity index (χ0v) is 10.0. The highest BCUT2D eigenvalue weighted by atomic mass is 19.1. The van der Waals surface area contributed by atoms with Crippen molar-refractivity contribution in [2.24, 2.45) is 0 Å². The maximum Gasteiger partial charge on any atom is 0.261 e. The van der Waals surface area contributed by atoms with E-state index in [1.807, 2.05) is 6.92 Å².